The average molecular weight is 299 g/mol. The van der Waals surface area contributed by atoms with E-state index < -0.39 is 0 Å². The third-order valence-corrected chi connectivity index (χ3v) is 3.69. The van der Waals surface area contributed by atoms with Gasteiger partial charge in [0.1, 0.15) is 11.9 Å². The highest BCUT2D eigenvalue weighted by atomic mass is 16.5. The van der Waals surface area contributed by atoms with Crippen LogP contribution in [0.15, 0.2) is 30.5 Å². The van der Waals surface area contributed by atoms with Gasteiger partial charge >= 0.3 is 0 Å². The summed E-state index contributed by atoms with van der Waals surface area (Å²) in [5.74, 6) is 1.54. The van der Waals surface area contributed by atoms with Gasteiger partial charge in [0.25, 0.3) is 0 Å². The summed E-state index contributed by atoms with van der Waals surface area (Å²) < 4.78 is 11.4. The molecule has 3 rings (SSSR count). The summed E-state index contributed by atoms with van der Waals surface area (Å²) in [5, 5.41) is 3.22. The Hall–Kier alpha value is -2.14. The first kappa shape index (κ1) is 14.8. The SMILES string of the molecule is Cc1ccnc(Nc2ccc(OC3CCOCC3)c(C)c2)n1. The molecule has 1 saturated heterocycles. The molecule has 0 bridgehead atoms. The lowest BCUT2D eigenvalue weighted by Crippen LogP contribution is -2.26. The molecule has 1 aromatic carbocycles. The Morgan fingerprint density at radius 3 is 2.73 bits per heavy atom. The normalized spacial score (nSPS) is 15.5. The molecule has 2 heterocycles. The molecule has 2 aromatic rings. The molecule has 22 heavy (non-hydrogen) atoms. The predicted octanol–water partition coefficient (Wildman–Crippen LogP) is 3.39. The maximum atomic E-state index is 6.07. The molecule has 0 aliphatic carbocycles. The van der Waals surface area contributed by atoms with Crippen LogP contribution in [-0.4, -0.2) is 29.3 Å². The second-order valence-corrected chi connectivity index (χ2v) is 5.56. The summed E-state index contributed by atoms with van der Waals surface area (Å²) in [6.45, 7) is 5.57. The highest BCUT2D eigenvalue weighted by Gasteiger charge is 2.16. The van der Waals surface area contributed by atoms with Gasteiger partial charge in [0.05, 0.1) is 13.2 Å². The van der Waals surface area contributed by atoms with Crippen molar-refractivity contribution in [2.45, 2.75) is 32.8 Å². The van der Waals surface area contributed by atoms with Gasteiger partial charge < -0.3 is 14.8 Å². The molecule has 0 unspecified atom stereocenters. The number of nitrogens with one attached hydrogen (secondary N) is 1. The topological polar surface area (TPSA) is 56.3 Å². The van der Waals surface area contributed by atoms with Crippen LogP contribution in [0.1, 0.15) is 24.1 Å². The van der Waals surface area contributed by atoms with Crippen molar-refractivity contribution in [3.8, 4) is 5.75 Å². The summed E-state index contributed by atoms with van der Waals surface area (Å²) in [5.41, 5.74) is 3.00. The van der Waals surface area contributed by atoms with E-state index in [1.807, 2.05) is 25.1 Å². The molecule has 5 nitrogen and oxygen atoms in total. The molecule has 1 aliphatic heterocycles. The van der Waals surface area contributed by atoms with Crippen molar-refractivity contribution >= 4 is 11.6 Å². The van der Waals surface area contributed by atoms with E-state index in [9.17, 15) is 0 Å². The maximum absolute atomic E-state index is 6.07. The molecule has 0 spiro atoms. The van der Waals surface area contributed by atoms with Crippen molar-refractivity contribution in [3.63, 3.8) is 0 Å². The number of anilines is 2. The number of aromatic nitrogens is 2. The maximum Gasteiger partial charge on any atom is 0.227 e. The van der Waals surface area contributed by atoms with Crippen LogP contribution in [0.2, 0.25) is 0 Å². The van der Waals surface area contributed by atoms with Crippen LogP contribution < -0.4 is 10.1 Å². The van der Waals surface area contributed by atoms with Gasteiger partial charge in [-0.1, -0.05) is 0 Å². The minimum atomic E-state index is 0.256. The fourth-order valence-corrected chi connectivity index (χ4v) is 2.47. The van der Waals surface area contributed by atoms with Gasteiger partial charge in [0.15, 0.2) is 0 Å². The Balaban J connectivity index is 1.68. The predicted molar refractivity (Wildman–Crippen MR) is 85.7 cm³/mol. The smallest absolute Gasteiger partial charge is 0.227 e. The second-order valence-electron chi connectivity index (χ2n) is 5.56. The van der Waals surface area contributed by atoms with Crippen molar-refractivity contribution in [2.24, 2.45) is 0 Å². The fraction of sp³-hybridized carbons (Fsp3) is 0.412. The molecule has 0 saturated carbocycles. The largest absolute Gasteiger partial charge is 0.490 e. The molecule has 1 aromatic heterocycles. The van der Waals surface area contributed by atoms with Crippen LogP contribution in [0.25, 0.3) is 0 Å². The molecule has 0 radical (unpaired) electrons. The van der Waals surface area contributed by atoms with Crippen molar-refractivity contribution < 1.29 is 9.47 Å². The van der Waals surface area contributed by atoms with Gasteiger partial charge in [0.2, 0.25) is 5.95 Å². The first-order valence-corrected chi connectivity index (χ1v) is 7.62. The Bertz CT molecular complexity index is 640. The number of hydrogen-bond acceptors (Lipinski definition) is 5. The monoisotopic (exact) mass is 299 g/mol. The zero-order valence-electron chi connectivity index (χ0n) is 13.0. The van der Waals surface area contributed by atoms with Crippen LogP contribution in [-0.2, 0) is 4.74 Å². The van der Waals surface area contributed by atoms with Crippen LogP contribution in [0.5, 0.6) is 5.75 Å². The molecule has 0 atom stereocenters. The van der Waals surface area contributed by atoms with E-state index in [1.165, 1.54) is 0 Å². The Kier molecular flexibility index (Phi) is 4.53. The van der Waals surface area contributed by atoms with Crippen LogP contribution >= 0.6 is 0 Å². The molecular weight excluding hydrogens is 278 g/mol. The van der Waals surface area contributed by atoms with E-state index in [-0.39, 0.29) is 6.10 Å². The van der Waals surface area contributed by atoms with E-state index in [1.54, 1.807) is 6.20 Å². The average Bonchev–Trinajstić information content (AvgIpc) is 2.51. The van der Waals surface area contributed by atoms with E-state index in [0.717, 1.165) is 48.7 Å². The second kappa shape index (κ2) is 6.75. The zero-order valence-corrected chi connectivity index (χ0v) is 13.0. The molecule has 116 valence electrons. The standard InChI is InChI=1S/C17H21N3O2/c1-12-11-14(20-17-18-8-5-13(2)19-17)3-4-16(12)22-15-6-9-21-10-7-15/h3-5,8,11,15H,6-7,9-10H2,1-2H3,(H,18,19,20). The number of nitrogens with zero attached hydrogens (tertiary/aromatic N) is 2. The Labute approximate surface area is 130 Å². The van der Waals surface area contributed by atoms with E-state index >= 15 is 0 Å². The summed E-state index contributed by atoms with van der Waals surface area (Å²) >= 11 is 0. The molecule has 1 N–H and O–H groups in total. The van der Waals surface area contributed by atoms with Crippen LogP contribution in [0.3, 0.4) is 0 Å². The number of rotatable bonds is 4. The number of hydrogen-bond donors (Lipinski definition) is 1. The van der Waals surface area contributed by atoms with Gasteiger partial charge in [-0.2, -0.15) is 0 Å². The van der Waals surface area contributed by atoms with Crippen molar-refractivity contribution in [2.75, 3.05) is 18.5 Å². The Morgan fingerprint density at radius 1 is 1.18 bits per heavy atom. The van der Waals surface area contributed by atoms with E-state index in [0.29, 0.717) is 5.95 Å². The summed E-state index contributed by atoms with van der Waals surface area (Å²) in [4.78, 5) is 8.56. The highest BCUT2D eigenvalue weighted by Crippen LogP contribution is 2.26. The van der Waals surface area contributed by atoms with Gasteiger partial charge in [-0.05, 0) is 43.7 Å². The van der Waals surface area contributed by atoms with Gasteiger partial charge in [-0.3, -0.25) is 0 Å². The number of aryl methyl sites for hydroxylation is 2. The third kappa shape index (κ3) is 3.74. The van der Waals surface area contributed by atoms with Crippen molar-refractivity contribution in [3.05, 3.63) is 41.7 Å². The lowest BCUT2D eigenvalue weighted by molar-refractivity contribution is 0.0253. The zero-order chi connectivity index (χ0) is 15.4. The Morgan fingerprint density at radius 2 is 2.00 bits per heavy atom. The lowest BCUT2D eigenvalue weighted by Gasteiger charge is -2.24. The quantitative estimate of drug-likeness (QED) is 0.937. The lowest BCUT2D eigenvalue weighted by atomic mass is 10.1. The van der Waals surface area contributed by atoms with E-state index in [2.05, 4.69) is 28.3 Å². The van der Waals surface area contributed by atoms with Crippen molar-refractivity contribution in [1.82, 2.24) is 9.97 Å². The molecule has 1 fully saturated rings. The van der Waals surface area contributed by atoms with Crippen LogP contribution in [0, 0.1) is 13.8 Å². The van der Waals surface area contributed by atoms with Gasteiger partial charge in [-0.15, -0.1) is 0 Å². The summed E-state index contributed by atoms with van der Waals surface area (Å²) in [7, 11) is 0. The first-order valence-electron chi connectivity index (χ1n) is 7.62. The van der Waals surface area contributed by atoms with Crippen LogP contribution in [0.4, 0.5) is 11.6 Å². The van der Waals surface area contributed by atoms with Gasteiger partial charge in [0, 0.05) is 30.4 Å². The minimum absolute atomic E-state index is 0.256. The molecule has 1 aliphatic rings. The summed E-state index contributed by atoms with van der Waals surface area (Å²) in [6, 6.07) is 7.93. The summed E-state index contributed by atoms with van der Waals surface area (Å²) in [6.07, 6.45) is 3.92. The number of benzene rings is 1. The van der Waals surface area contributed by atoms with Gasteiger partial charge in [-0.25, -0.2) is 9.97 Å². The van der Waals surface area contributed by atoms with Crippen molar-refractivity contribution in [1.29, 1.82) is 0 Å². The minimum Gasteiger partial charge on any atom is -0.490 e. The highest BCUT2D eigenvalue weighted by molar-refractivity contribution is 5.57. The molecular formula is C17H21N3O2. The molecule has 0 amide bonds. The molecule has 5 heteroatoms. The van der Waals surface area contributed by atoms with E-state index in [4.69, 9.17) is 9.47 Å². The fourth-order valence-electron chi connectivity index (χ4n) is 2.47. The third-order valence-electron chi connectivity index (χ3n) is 3.69. The number of ether oxygens (including phenoxy) is 2. The first-order chi connectivity index (χ1) is 10.7.